The Morgan fingerprint density at radius 3 is 2.47 bits per heavy atom. The van der Waals surface area contributed by atoms with Crippen LogP contribution in [0.25, 0.3) is 0 Å². The standard InChI is InChI=1S/C27H45NO7S/c1-15-9-8-10-20(29)22(12-21(34-7)16(2)11-19-14-36-18(4)28-19)35-24(31)13-23(30)27(5,6)26(33)17(3)25(15)32/h14-17,20-23,25,29-30,32H,8-13H2,1-7H3/t15-,16?,17+,20+,21?,22+,23-,25-/m0/s1. The highest BCUT2D eigenvalue weighted by atomic mass is 32.1. The Balaban J connectivity index is 2.22. The summed E-state index contributed by atoms with van der Waals surface area (Å²) in [5.41, 5.74) is -0.264. The molecular weight excluding hydrogens is 482 g/mol. The van der Waals surface area contributed by atoms with Crippen LogP contribution in [0.4, 0.5) is 0 Å². The van der Waals surface area contributed by atoms with Gasteiger partial charge >= 0.3 is 5.97 Å². The smallest absolute Gasteiger partial charge is 0.308 e. The molecule has 2 heterocycles. The fraction of sp³-hybridized carbons (Fsp3) is 0.815. The molecule has 1 fully saturated rings. The maximum Gasteiger partial charge on any atom is 0.308 e. The van der Waals surface area contributed by atoms with Crippen LogP contribution in [0.3, 0.4) is 0 Å². The molecule has 1 aromatic rings. The lowest BCUT2D eigenvalue weighted by molar-refractivity contribution is -0.164. The molecule has 1 saturated heterocycles. The Morgan fingerprint density at radius 2 is 1.89 bits per heavy atom. The number of hydrogen-bond acceptors (Lipinski definition) is 9. The first-order chi connectivity index (χ1) is 16.8. The number of ether oxygens (including phenoxy) is 2. The lowest BCUT2D eigenvalue weighted by Gasteiger charge is -2.35. The minimum atomic E-state index is -1.28. The quantitative estimate of drug-likeness (QED) is 0.480. The third-order valence-corrected chi connectivity index (χ3v) is 8.63. The number of aliphatic hydroxyl groups excluding tert-OH is 3. The van der Waals surface area contributed by atoms with Gasteiger partial charge in [0, 0.05) is 24.8 Å². The van der Waals surface area contributed by atoms with Gasteiger partial charge in [0.2, 0.25) is 0 Å². The minimum Gasteiger partial charge on any atom is -0.459 e. The van der Waals surface area contributed by atoms with E-state index in [1.807, 2.05) is 26.2 Å². The second-order valence-corrected chi connectivity index (χ2v) is 12.2. The summed E-state index contributed by atoms with van der Waals surface area (Å²) in [5.74, 6) is -1.76. The molecule has 1 aliphatic rings. The molecule has 0 amide bonds. The number of aromatic nitrogens is 1. The van der Waals surface area contributed by atoms with E-state index >= 15 is 0 Å². The molecule has 0 radical (unpaired) electrons. The topological polar surface area (TPSA) is 126 Å². The second kappa shape index (κ2) is 13.4. The largest absolute Gasteiger partial charge is 0.459 e. The molecule has 206 valence electrons. The summed E-state index contributed by atoms with van der Waals surface area (Å²) in [6.45, 7) is 10.7. The Morgan fingerprint density at radius 1 is 1.22 bits per heavy atom. The number of carbonyl (C=O) groups is 2. The van der Waals surface area contributed by atoms with E-state index in [0.29, 0.717) is 32.1 Å². The lowest BCUT2D eigenvalue weighted by Crippen LogP contribution is -2.46. The maximum atomic E-state index is 13.1. The van der Waals surface area contributed by atoms with E-state index in [1.54, 1.807) is 39.2 Å². The monoisotopic (exact) mass is 527 g/mol. The number of Topliss-reactive ketones (excluding diaryl/α,β-unsaturated/α-hetero) is 1. The van der Waals surface area contributed by atoms with Gasteiger partial charge in [0.25, 0.3) is 0 Å². The molecule has 8 atom stereocenters. The Hall–Kier alpha value is -1.39. The summed E-state index contributed by atoms with van der Waals surface area (Å²) in [4.78, 5) is 30.5. The normalized spacial score (nSPS) is 32.4. The molecule has 0 saturated carbocycles. The summed E-state index contributed by atoms with van der Waals surface area (Å²) in [5, 5.41) is 35.6. The number of nitrogens with zero attached hydrogens (tertiary/aromatic N) is 1. The summed E-state index contributed by atoms with van der Waals surface area (Å²) in [7, 11) is 1.60. The van der Waals surface area contributed by atoms with Crippen molar-refractivity contribution in [2.24, 2.45) is 23.2 Å². The first-order valence-corrected chi connectivity index (χ1v) is 13.9. The average molecular weight is 528 g/mol. The summed E-state index contributed by atoms with van der Waals surface area (Å²) in [6.07, 6.45) is -2.00. The van der Waals surface area contributed by atoms with Crippen LogP contribution >= 0.6 is 11.3 Å². The van der Waals surface area contributed by atoms with Gasteiger partial charge in [-0.1, -0.05) is 41.0 Å². The van der Waals surface area contributed by atoms with Crippen molar-refractivity contribution in [2.45, 2.75) is 111 Å². The summed E-state index contributed by atoms with van der Waals surface area (Å²) >= 11 is 1.59. The van der Waals surface area contributed by atoms with Crippen LogP contribution in [0, 0.1) is 30.1 Å². The van der Waals surface area contributed by atoms with Crippen molar-refractivity contribution >= 4 is 23.1 Å². The van der Waals surface area contributed by atoms with E-state index in [2.05, 4.69) is 4.98 Å². The highest BCUT2D eigenvalue weighted by Gasteiger charge is 2.43. The number of thiazole rings is 1. The van der Waals surface area contributed by atoms with Gasteiger partial charge in [-0.2, -0.15) is 0 Å². The van der Waals surface area contributed by atoms with Crippen molar-refractivity contribution in [1.82, 2.24) is 4.98 Å². The van der Waals surface area contributed by atoms with Crippen LogP contribution < -0.4 is 0 Å². The molecular formula is C27H45NO7S. The number of cyclic esters (lactones) is 1. The van der Waals surface area contributed by atoms with Crippen molar-refractivity contribution in [1.29, 1.82) is 0 Å². The van der Waals surface area contributed by atoms with E-state index in [0.717, 1.165) is 10.7 Å². The first kappa shape index (κ1) is 30.8. The third-order valence-electron chi connectivity index (χ3n) is 7.81. The zero-order chi connectivity index (χ0) is 27.2. The zero-order valence-electron chi connectivity index (χ0n) is 22.8. The third kappa shape index (κ3) is 8.05. The van der Waals surface area contributed by atoms with Gasteiger partial charge in [0.15, 0.2) is 0 Å². The van der Waals surface area contributed by atoms with Crippen LogP contribution in [0.5, 0.6) is 0 Å². The van der Waals surface area contributed by atoms with Gasteiger partial charge in [-0.3, -0.25) is 9.59 Å². The Labute approximate surface area is 219 Å². The second-order valence-electron chi connectivity index (χ2n) is 11.1. The van der Waals surface area contributed by atoms with E-state index in [1.165, 1.54) is 0 Å². The van der Waals surface area contributed by atoms with E-state index in [9.17, 15) is 24.9 Å². The van der Waals surface area contributed by atoms with Crippen molar-refractivity contribution in [2.75, 3.05) is 7.11 Å². The Kier molecular flexibility index (Phi) is 11.5. The highest BCUT2D eigenvalue weighted by molar-refractivity contribution is 7.09. The maximum absolute atomic E-state index is 13.1. The zero-order valence-corrected chi connectivity index (χ0v) is 23.6. The van der Waals surface area contributed by atoms with Crippen molar-refractivity contribution in [3.8, 4) is 0 Å². The van der Waals surface area contributed by atoms with Gasteiger partial charge in [-0.05, 0) is 38.0 Å². The SMILES string of the molecule is COC(C[C@H]1OC(=O)C[C@H](O)C(C)(C)C(=O)[C@H](C)[C@@H](O)[C@@H](C)CCC[C@H]1O)C(C)Cc1csc(C)n1. The van der Waals surface area contributed by atoms with E-state index in [4.69, 9.17) is 9.47 Å². The number of rotatable bonds is 6. The predicted molar refractivity (Wildman–Crippen MR) is 139 cm³/mol. The fourth-order valence-electron chi connectivity index (χ4n) is 5.07. The number of carbonyl (C=O) groups excluding carboxylic acids is 2. The number of methoxy groups -OCH3 is 1. The molecule has 36 heavy (non-hydrogen) atoms. The molecule has 0 spiro atoms. The molecule has 8 nitrogen and oxygen atoms in total. The van der Waals surface area contributed by atoms with E-state index in [-0.39, 0.29) is 30.1 Å². The minimum absolute atomic E-state index is 0.0642. The van der Waals surface area contributed by atoms with Crippen LogP contribution in [0.2, 0.25) is 0 Å². The molecule has 1 aromatic heterocycles. The number of aliphatic hydroxyl groups is 3. The van der Waals surface area contributed by atoms with Crippen LogP contribution in [0.15, 0.2) is 5.38 Å². The molecule has 9 heteroatoms. The number of aryl methyl sites for hydroxylation is 1. The molecule has 0 aromatic carbocycles. The molecule has 1 aliphatic heterocycles. The first-order valence-electron chi connectivity index (χ1n) is 13.0. The van der Waals surface area contributed by atoms with Crippen LogP contribution in [0.1, 0.15) is 77.4 Å². The van der Waals surface area contributed by atoms with Gasteiger partial charge in [0.05, 0.1) is 47.0 Å². The fourth-order valence-corrected chi connectivity index (χ4v) is 5.70. The lowest BCUT2D eigenvalue weighted by atomic mass is 9.73. The van der Waals surface area contributed by atoms with E-state index < -0.39 is 41.7 Å². The predicted octanol–water partition coefficient (Wildman–Crippen LogP) is 3.47. The van der Waals surface area contributed by atoms with Crippen molar-refractivity contribution in [3.63, 3.8) is 0 Å². The van der Waals surface area contributed by atoms with Gasteiger partial charge in [-0.15, -0.1) is 11.3 Å². The molecule has 0 aliphatic carbocycles. The Bertz CT molecular complexity index is 857. The van der Waals surface area contributed by atoms with Crippen molar-refractivity contribution < 1.29 is 34.4 Å². The van der Waals surface area contributed by atoms with Gasteiger partial charge in [0.1, 0.15) is 11.9 Å². The average Bonchev–Trinajstić information content (AvgIpc) is 3.23. The highest BCUT2D eigenvalue weighted by Crippen LogP contribution is 2.33. The number of esters is 1. The molecule has 0 bridgehead atoms. The summed E-state index contributed by atoms with van der Waals surface area (Å²) < 4.78 is 11.5. The number of hydrogen-bond donors (Lipinski definition) is 3. The van der Waals surface area contributed by atoms with Crippen molar-refractivity contribution in [3.05, 3.63) is 16.1 Å². The molecule has 2 rings (SSSR count). The number of ketones is 1. The van der Waals surface area contributed by atoms with Gasteiger partial charge < -0.3 is 24.8 Å². The van der Waals surface area contributed by atoms with Crippen LogP contribution in [-0.4, -0.2) is 69.7 Å². The van der Waals surface area contributed by atoms with Gasteiger partial charge in [-0.25, -0.2) is 4.98 Å². The molecule has 3 N–H and O–H groups in total. The summed E-state index contributed by atoms with van der Waals surface area (Å²) in [6, 6.07) is 0. The van der Waals surface area contributed by atoms with Crippen LogP contribution in [-0.2, 0) is 25.5 Å². The molecule has 2 unspecified atom stereocenters.